The van der Waals surface area contributed by atoms with Crippen LogP contribution in [0.3, 0.4) is 0 Å². The number of nitrogens with zero attached hydrogens (tertiary/aromatic N) is 2. The summed E-state index contributed by atoms with van der Waals surface area (Å²) in [6.07, 6.45) is 1.26. The quantitative estimate of drug-likeness (QED) is 0.255. The van der Waals surface area contributed by atoms with Crippen LogP contribution in [0.4, 0.5) is 0 Å². The standard InChI is InChI=1S/C33H30N2O4/c1-22-7-3-9-24(30(22)36)19-28-13-6-14-29(33(28)39-18-16-35)21-26-11-5-10-25(31(26)37)20-27-12-4-8-23(2)32(27)38-17-15-34/h3-14,36-37H,17-21H2,1-2H3. The lowest BCUT2D eigenvalue weighted by Crippen LogP contribution is -2.04. The summed E-state index contributed by atoms with van der Waals surface area (Å²) in [5, 5.41) is 40.0. The summed E-state index contributed by atoms with van der Waals surface area (Å²) in [6, 6.07) is 26.9. The third-order valence-electron chi connectivity index (χ3n) is 6.70. The summed E-state index contributed by atoms with van der Waals surface area (Å²) >= 11 is 0. The smallest absolute Gasteiger partial charge is 0.174 e. The highest BCUT2D eigenvalue weighted by Crippen LogP contribution is 2.35. The number of para-hydroxylation sites is 4. The molecule has 0 aliphatic rings. The number of aryl methyl sites for hydroxylation is 2. The molecule has 2 N–H and O–H groups in total. The van der Waals surface area contributed by atoms with Gasteiger partial charge in [-0.15, -0.1) is 0 Å². The highest BCUT2D eigenvalue weighted by atomic mass is 16.5. The van der Waals surface area contributed by atoms with Crippen LogP contribution in [0.15, 0.2) is 72.8 Å². The molecule has 0 atom stereocenters. The van der Waals surface area contributed by atoms with Gasteiger partial charge in [0.2, 0.25) is 0 Å². The number of ether oxygens (including phenoxy) is 2. The average molecular weight is 519 g/mol. The Morgan fingerprint density at radius 3 is 1.44 bits per heavy atom. The maximum Gasteiger partial charge on any atom is 0.174 e. The zero-order chi connectivity index (χ0) is 27.8. The van der Waals surface area contributed by atoms with Crippen molar-refractivity contribution < 1.29 is 19.7 Å². The van der Waals surface area contributed by atoms with Gasteiger partial charge in [0.25, 0.3) is 0 Å². The molecule has 4 rings (SSSR count). The van der Waals surface area contributed by atoms with Crippen LogP contribution in [0.2, 0.25) is 0 Å². The van der Waals surface area contributed by atoms with E-state index >= 15 is 0 Å². The molecule has 0 fully saturated rings. The fraction of sp³-hybridized carbons (Fsp3) is 0.212. The largest absolute Gasteiger partial charge is 0.507 e. The van der Waals surface area contributed by atoms with Gasteiger partial charge in [0.05, 0.1) is 0 Å². The molecular formula is C33H30N2O4. The summed E-state index contributed by atoms with van der Waals surface area (Å²) in [4.78, 5) is 0. The molecule has 196 valence electrons. The van der Waals surface area contributed by atoms with Gasteiger partial charge in [-0.25, -0.2) is 0 Å². The monoisotopic (exact) mass is 518 g/mol. The molecule has 0 unspecified atom stereocenters. The molecule has 0 amide bonds. The van der Waals surface area contributed by atoms with Gasteiger partial charge in [0.1, 0.15) is 35.1 Å². The van der Waals surface area contributed by atoms with E-state index in [0.717, 1.165) is 44.5 Å². The third kappa shape index (κ3) is 6.32. The Balaban J connectivity index is 1.67. The normalized spacial score (nSPS) is 10.5. The maximum atomic E-state index is 11.3. The lowest BCUT2D eigenvalue weighted by atomic mass is 9.94. The van der Waals surface area contributed by atoms with Crippen molar-refractivity contribution in [1.82, 2.24) is 0 Å². The van der Waals surface area contributed by atoms with E-state index in [1.807, 2.05) is 98.8 Å². The molecule has 0 heterocycles. The van der Waals surface area contributed by atoms with E-state index in [-0.39, 0.29) is 24.7 Å². The Bertz CT molecular complexity index is 1560. The first-order valence-corrected chi connectivity index (χ1v) is 12.7. The SMILES string of the molecule is Cc1cccc(Cc2cccc(Cc3cccc(Cc4cccc(C)c4OCC#N)c3O)c2OCC#N)c1O. The van der Waals surface area contributed by atoms with Gasteiger partial charge in [-0.05, 0) is 58.4 Å². The van der Waals surface area contributed by atoms with Crippen molar-refractivity contribution in [1.29, 1.82) is 10.5 Å². The Hall–Kier alpha value is -4.94. The van der Waals surface area contributed by atoms with Crippen molar-refractivity contribution in [3.63, 3.8) is 0 Å². The number of phenolic OH excluding ortho intramolecular Hbond substituents is 2. The van der Waals surface area contributed by atoms with Crippen LogP contribution >= 0.6 is 0 Å². The van der Waals surface area contributed by atoms with E-state index < -0.39 is 0 Å². The van der Waals surface area contributed by atoms with Gasteiger partial charge < -0.3 is 19.7 Å². The predicted molar refractivity (Wildman–Crippen MR) is 149 cm³/mol. The van der Waals surface area contributed by atoms with Crippen molar-refractivity contribution >= 4 is 0 Å². The summed E-state index contributed by atoms with van der Waals surface area (Å²) < 4.78 is 11.6. The number of nitriles is 2. The Morgan fingerprint density at radius 2 is 0.923 bits per heavy atom. The third-order valence-corrected chi connectivity index (χ3v) is 6.70. The predicted octanol–water partition coefficient (Wildman–Crippen LogP) is 6.29. The van der Waals surface area contributed by atoms with Crippen LogP contribution in [0, 0.1) is 36.5 Å². The van der Waals surface area contributed by atoms with Gasteiger partial charge in [0, 0.05) is 19.3 Å². The Morgan fingerprint density at radius 1 is 0.538 bits per heavy atom. The van der Waals surface area contributed by atoms with E-state index in [2.05, 4.69) is 0 Å². The van der Waals surface area contributed by atoms with E-state index in [0.29, 0.717) is 30.8 Å². The van der Waals surface area contributed by atoms with E-state index in [1.165, 1.54) is 0 Å². The summed E-state index contributed by atoms with van der Waals surface area (Å²) in [5.74, 6) is 1.66. The summed E-state index contributed by atoms with van der Waals surface area (Å²) in [7, 11) is 0. The van der Waals surface area contributed by atoms with Gasteiger partial charge in [-0.2, -0.15) is 10.5 Å². The number of aromatic hydroxyl groups is 2. The molecule has 4 aromatic rings. The van der Waals surface area contributed by atoms with E-state index in [1.54, 1.807) is 0 Å². The number of benzene rings is 4. The van der Waals surface area contributed by atoms with Crippen molar-refractivity contribution in [3.8, 4) is 35.1 Å². The maximum absolute atomic E-state index is 11.3. The van der Waals surface area contributed by atoms with Gasteiger partial charge in [-0.1, -0.05) is 72.8 Å². The molecule has 39 heavy (non-hydrogen) atoms. The minimum atomic E-state index is -0.116. The number of hydrogen-bond donors (Lipinski definition) is 2. The molecule has 0 radical (unpaired) electrons. The van der Waals surface area contributed by atoms with Crippen LogP contribution in [0.5, 0.6) is 23.0 Å². The Labute approximate surface area is 228 Å². The van der Waals surface area contributed by atoms with Crippen molar-refractivity contribution in [3.05, 3.63) is 117 Å². The zero-order valence-corrected chi connectivity index (χ0v) is 22.1. The average Bonchev–Trinajstić information content (AvgIpc) is 2.93. The molecule has 6 heteroatoms. The molecule has 6 nitrogen and oxygen atoms in total. The lowest BCUT2D eigenvalue weighted by Gasteiger charge is -2.17. The van der Waals surface area contributed by atoms with Crippen molar-refractivity contribution in [2.45, 2.75) is 33.1 Å². The van der Waals surface area contributed by atoms with Crippen LogP contribution in [0.1, 0.15) is 44.5 Å². The molecular weight excluding hydrogens is 488 g/mol. The van der Waals surface area contributed by atoms with Crippen LogP contribution in [0.25, 0.3) is 0 Å². The van der Waals surface area contributed by atoms with Crippen LogP contribution < -0.4 is 9.47 Å². The minimum absolute atomic E-state index is 0.0496. The van der Waals surface area contributed by atoms with Crippen LogP contribution in [-0.2, 0) is 19.3 Å². The minimum Gasteiger partial charge on any atom is -0.507 e. The molecule has 0 saturated carbocycles. The fourth-order valence-corrected chi connectivity index (χ4v) is 4.78. The lowest BCUT2D eigenvalue weighted by molar-refractivity contribution is 0.360. The van der Waals surface area contributed by atoms with Gasteiger partial charge in [0.15, 0.2) is 13.2 Å². The van der Waals surface area contributed by atoms with E-state index in [4.69, 9.17) is 14.7 Å². The first-order valence-electron chi connectivity index (χ1n) is 12.7. The van der Waals surface area contributed by atoms with Crippen LogP contribution in [-0.4, -0.2) is 23.4 Å². The molecule has 0 aliphatic carbocycles. The first kappa shape index (κ1) is 27.1. The zero-order valence-electron chi connectivity index (χ0n) is 22.1. The second kappa shape index (κ2) is 12.5. The fourth-order valence-electron chi connectivity index (χ4n) is 4.78. The van der Waals surface area contributed by atoms with Crippen molar-refractivity contribution in [2.75, 3.05) is 13.2 Å². The molecule has 0 bridgehead atoms. The molecule has 0 aliphatic heterocycles. The molecule has 4 aromatic carbocycles. The topological polar surface area (TPSA) is 107 Å². The number of phenols is 2. The molecule has 0 spiro atoms. The summed E-state index contributed by atoms with van der Waals surface area (Å²) in [5.41, 5.74) is 6.50. The second-order valence-electron chi connectivity index (χ2n) is 9.40. The highest BCUT2D eigenvalue weighted by molar-refractivity contribution is 5.53. The summed E-state index contributed by atoms with van der Waals surface area (Å²) in [6.45, 7) is 3.62. The van der Waals surface area contributed by atoms with Crippen molar-refractivity contribution in [2.24, 2.45) is 0 Å². The van der Waals surface area contributed by atoms with E-state index in [9.17, 15) is 15.5 Å². The Kier molecular flexibility index (Phi) is 8.71. The van der Waals surface area contributed by atoms with Gasteiger partial charge >= 0.3 is 0 Å². The number of hydrogen-bond acceptors (Lipinski definition) is 6. The highest BCUT2D eigenvalue weighted by Gasteiger charge is 2.17. The molecule has 0 saturated heterocycles. The van der Waals surface area contributed by atoms with Gasteiger partial charge in [-0.3, -0.25) is 0 Å². The first-order chi connectivity index (χ1) is 18.9. The number of rotatable bonds is 10. The second-order valence-corrected chi connectivity index (χ2v) is 9.40. The molecule has 0 aromatic heterocycles.